The molecule has 1 aromatic carbocycles. The first-order valence-corrected chi connectivity index (χ1v) is 48.3. The summed E-state index contributed by atoms with van der Waals surface area (Å²) in [6, 6.07) is 29.7. The number of esters is 3. The maximum atomic E-state index is 13.5. The van der Waals surface area contributed by atoms with Gasteiger partial charge in [0.2, 0.25) is 11.7 Å². The lowest BCUT2D eigenvalue weighted by Gasteiger charge is -2.19. The van der Waals surface area contributed by atoms with Crippen molar-refractivity contribution in [2.45, 2.75) is 183 Å². The summed E-state index contributed by atoms with van der Waals surface area (Å²) in [5.41, 5.74) is 27.7. The number of amides is 1. The predicted octanol–water partition coefficient (Wildman–Crippen LogP) is 20.4. The van der Waals surface area contributed by atoms with Crippen LogP contribution in [-0.4, -0.2) is 137 Å². The largest absolute Gasteiger partial charge is 0.481 e. The molecule has 0 aliphatic heterocycles. The average molecular weight is 2130 g/mol. The Bertz CT molecular complexity index is 6270. The van der Waals surface area contributed by atoms with E-state index in [0.29, 0.717) is 59.1 Å². The number of carbonyl (C=O) groups excluding carboxylic acids is 8. The van der Waals surface area contributed by atoms with Crippen LogP contribution in [0.25, 0.3) is 33.9 Å². The van der Waals surface area contributed by atoms with Crippen molar-refractivity contribution >= 4 is 223 Å². The van der Waals surface area contributed by atoms with Crippen LogP contribution in [-0.2, 0) is 110 Å². The Balaban J connectivity index is 0.000000198. The van der Waals surface area contributed by atoms with Gasteiger partial charge in [0.1, 0.15) is 37.6 Å². The molecule has 0 saturated heterocycles. The van der Waals surface area contributed by atoms with Crippen LogP contribution in [0.5, 0.6) is 0 Å². The van der Waals surface area contributed by atoms with Crippen LogP contribution in [0.15, 0.2) is 199 Å². The number of carbonyl (C=O) groups is 9. The monoisotopic (exact) mass is 2120 g/mol. The van der Waals surface area contributed by atoms with Crippen molar-refractivity contribution < 1.29 is 71.2 Å². The number of nitrogens with two attached hydrogens (primary N) is 2. The lowest BCUT2D eigenvalue weighted by Crippen LogP contribution is -2.26. The molecule has 38 heteroatoms. The standard InChI is InChI=1S/C26H19F2N3O2S.C18H20N2O2S.C10H6Cl3NO.C9H15BrO3.C9H8N2O.C9H8N2S.C8H7N.C8H14O4.C2Cl4O/c27-21-8-5-16(13-22(21)28)14-31-12-2-4-20(26(31)33)24(32)10-6-17-15-34-25(30-17)19-7-9-23-18(19)3-1-11-29-23;1-18(2,3)22-16(21)9-6-12-11-23-17(20-12)14-7-8-15-13(14)5-4-10-19-15;11-10(12,13)9(15)7-3-4-8-6(7)2-1-5-14-8;1-9(2,3)13-8(12)5-4-7(11)6-10;2*10-9(12)7-3-4-8-6(7)2-1-5-11-8;1-3-7-4-2-6-9-8(7)5-1;1-8(2,3)12-7(11)5-4-6(9)10;3-1(7)2(4,5)6/h1-5,7-8,11-13,15H,6,9-10,14H2;4-5,7,10-11H,6,8-9H2,1-3H3;1-3,5H,4H2;4-6H2,1-3H3;2*1-3,5H,4H2,(H2,10,12);1-4,6H,5H2;4-5H2,1-3H3,(H,9,10);. The molecule has 1 amide bonds. The van der Waals surface area contributed by atoms with Crippen LogP contribution in [0, 0.1) is 11.6 Å². The first-order chi connectivity index (χ1) is 64.6. The summed E-state index contributed by atoms with van der Waals surface area (Å²) in [4.78, 5) is 148. The van der Waals surface area contributed by atoms with Gasteiger partial charge in [0.05, 0.1) is 88.7 Å². The molecule has 0 fully saturated rings. The number of thiocarbonyl (C=S) groups is 1. The van der Waals surface area contributed by atoms with E-state index in [1.54, 1.807) is 108 Å². The van der Waals surface area contributed by atoms with Crippen LogP contribution < -0.4 is 17.0 Å². The number of allylic oxidation sites excluding steroid dienone is 7. The summed E-state index contributed by atoms with van der Waals surface area (Å²) in [7, 11) is 0. The zero-order chi connectivity index (χ0) is 101. The number of carboxylic acids is 1. The Hall–Kier alpha value is -10.9. The van der Waals surface area contributed by atoms with E-state index < -0.39 is 64.5 Å². The number of ketones is 3. The molecule has 0 unspecified atom stereocenters. The number of rotatable bonds is 21. The van der Waals surface area contributed by atoms with Crippen molar-refractivity contribution in [2.75, 3.05) is 5.33 Å². The minimum absolute atomic E-state index is 0.0193. The number of benzene rings is 1. The van der Waals surface area contributed by atoms with Gasteiger partial charge in [-0.05, 0) is 152 Å². The molecule has 0 atom stereocenters. The van der Waals surface area contributed by atoms with Crippen molar-refractivity contribution in [3.05, 3.63) is 316 Å². The lowest BCUT2D eigenvalue weighted by atomic mass is 10.1. The minimum Gasteiger partial charge on any atom is -0.481 e. The number of hydrogen-bond acceptors (Lipinski definition) is 24. The van der Waals surface area contributed by atoms with E-state index in [1.807, 2.05) is 98.5 Å². The van der Waals surface area contributed by atoms with Gasteiger partial charge in [0.25, 0.3) is 18.4 Å². The number of fused-ring (bicyclic) bond motifs is 6. The van der Waals surface area contributed by atoms with Crippen LogP contribution in [0.1, 0.15) is 206 Å². The number of nitrogens with zero attached hydrogens (tertiary/aromatic N) is 9. The van der Waals surface area contributed by atoms with Gasteiger partial charge in [-0.25, -0.2) is 18.7 Å². The second-order valence-electron chi connectivity index (χ2n) is 33.2. The highest BCUT2D eigenvalue weighted by atomic mass is 79.9. The summed E-state index contributed by atoms with van der Waals surface area (Å²) < 4.78 is 39.4. The summed E-state index contributed by atoms with van der Waals surface area (Å²) >= 11 is 47.2. The second kappa shape index (κ2) is 52.2. The Labute approximate surface area is 847 Å². The van der Waals surface area contributed by atoms with E-state index in [4.69, 9.17) is 124 Å². The first kappa shape index (κ1) is 111. The van der Waals surface area contributed by atoms with E-state index in [1.165, 1.54) is 51.1 Å². The Morgan fingerprint density at radius 1 is 0.496 bits per heavy atom. The van der Waals surface area contributed by atoms with Crippen molar-refractivity contribution in [3.63, 3.8) is 0 Å². The molecular formula is C99H97BrCl7F2N11O14S3. The number of aryl methyl sites for hydroxylation is 2. The normalized spacial score (nSPS) is 12.9. The molecule has 6 aliphatic rings. The molecule has 16 rings (SSSR count). The third-order valence-electron chi connectivity index (χ3n) is 19.2. The van der Waals surface area contributed by atoms with Crippen LogP contribution in [0.2, 0.25) is 0 Å². The highest BCUT2D eigenvalue weighted by Gasteiger charge is 2.37. The Morgan fingerprint density at radius 3 is 1.34 bits per heavy atom. The third-order valence-corrected chi connectivity index (χ3v) is 23.5. The van der Waals surface area contributed by atoms with Crippen LogP contribution >= 0.6 is 132 Å². The van der Waals surface area contributed by atoms with Gasteiger partial charge >= 0.3 is 23.9 Å². The van der Waals surface area contributed by atoms with Crippen molar-refractivity contribution in [1.29, 1.82) is 0 Å². The van der Waals surface area contributed by atoms with Crippen molar-refractivity contribution in [1.82, 2.24) is 44.4 Å². The number of thiazole rings is 2. The molecule has 0 radical (unpaired) electrons. The van der Waals surface area contributed by atoms with Gasteiger partial charge in [-0.15, -0.1) is 22.7 Å². The quantitative estimate of drug-likeness (QED) is 0.0150. The maximum Gasteiger partial charge on any atom is 0.306 e. The fourth-order valence-electron chi connectivity index (χ4n) is 13.2. The molecule has 137 heavy (non-hydrogen) atoms. The minimum atomic E-state index is -1.96. The number of hydrogen-bond donors (Lipinski definition) is 3. The fraction of sp³-hybridized carbons (Fsp3) is 0.303. The van der Waals surface area contributed by atoms with Crippen LogP contribution in [0.3, 0.4) is 0 Å². The van der Waals surface area contributed by atoms with Crippen molar-refractivity contribution in [2.24, 2.45) is 11.5 Å². The van der Waals surface area contributed by atoms with Gasteiger partial charge in [-0.1, -0.05) is 183 Å². The number of ether oxygens (including phenoxy) is 3. The smallest absolute Gasteiger partial charge is 0.306 e. The van der Waals surface area contributed by atoms with E-state index in [0.717, 1.165) is 127 Å². The summed E-state index contributed by atoms with van der Waals surface area (Å²) in [5, 5.41) is 13.4. The number of pyridine rings is 7. The molecule has 720 valence electrons. The Morgan fingerprint density at radius 2 is 0.905 bits per heavy atom. The highest BCUT2D eigenvalue weighted by Crippen LogP contribution is 2.39. The SMILES string of the molecule is C1=Cc2cccnc2C1.CC(C)(C)OC(=O)CCC(=O)CBr.CC(C)(C)OC(=O)CCC(=O)O.CC(C)(C)OC(=O)CCc1csc(C2=CCc3ncccc32)n1.NC(=O)C1=CCc2ncccc21.NC(=S)C1=CCc2ncccc21.O=C(C1=CCc2ncccc21)C(Cl)(Cl)Cl.O=C(CCc1csc(C2=CCc3ncccc32)n1)c1cccn(Cc2ccc(F)c(F)c2)c1=O.O=C(Cl)C(Cl)(Cl)Cl. The summed E-state index contributed by atoms with van der Waals surface area (Å²) in [6.07, 6.45) is 32.8. The molecule has 25 nitrogen and oxygen atoms in total. The van der Waals surface area contributed by atoms with Gasteiger partial charge < -0.3 is 35.4 Å². The lowest BCUT2D eigenvalue weighted by molar-refractivity contribution is -0.157. The summed E-state index contributed by atoms with van der Waals surface area (Å²) in [6.45, 7) is 16.3. The molecule has 6 aliphatic carbocycles. The molecule has 10 aromatic rings. The molecule has 9 heterocycles. The zero-order valence-corrected chi connectivity index (χ0v) is 85.1. The molecular weight excluding hydrogens is 2030 g/mol. The highest BCUT2D eigenvalue weighted by molar-refractivity contribution is 9.09. The number of aliphatic carboxylic acids is 1. The fourth-order valence-corrected chi connectivity index (χ4v) is 15.8. The third kappa shape index (κ3) is 36.4. The van der Waals surface area contributed by atoms with E-state index in [9.17, 15) is 56.7 Å². The topological polar surface area (TPSA) is 379 Å². The van der Waals surface area contributed by atoms with Gasteiger partial charge in [0.15, 0.2) is 17.4 Å². The number of aromatic nitrogens is 9. The van der Waals surface area contributed by atoms with Gasteiger partial charge in [-0.2, -0.15) is 0 Å². The average Bonchev–Trinajstić information content (AvgIpc) is 1.68. The molecule has 0 bridgehead atoms. The van der Waals surface area contributed by atoms with E-state index in [2.05, 4.69) is 92.2 Å². The molecule has 9 aromatic heterocycles. The summed E-state index contributed by atoms with van der Waals surface area (Å²) in [5.74, 6) is -5.02. The van der Waals surface area contributed by atoms with Gasteiger partial charge in [0, 0.05) is 168 Å². The number of Topliss-reactive ketones (excluding diaryl/α,β-unsaturated/α-hetero) is 3. The molecule has 0 spiro atoms. The maximum absolute atomic E-state index is 13.5. The number of carboxylic acid groups (broad SMARTS) is 1. The van der Waals surface area contributed by atoms with Crippen LogP contribution in [0.4, 0.5) is 8.78 Å². The first-order valence-electron chi connectivity index (χ1n) is 42.4. The number of primary amides is 1. The molecule has 5 N–H and O–H groups in total. The zero-order valence-electron chi connectivity index (χ0n) is 75.8. The predicted molar refractivity (Wildman–Crippen MR) is 541 cm³/mol. The molecule has 0 saturated carbocycles. The second-order valence-corrected chi connectivity index (χ2v) is 40.8. The van der Waals surface area contributed by atoms with Gasteiger partial charge in [-0.3, -0.25) is 77.8 Å². The Kier molecular flexibility index (Phi) is 42.4. The number of alkyl halides is 7. The van der Waals surface area contributed by atoms with E-state index in [-0.39, 0.29) is 73.6 Å². The van der Waals surface area contributed by atoms with Crippen molar-refractivity contribution in [3.8, 4) is 0 Å². The number of halogens is 10. The van der Waals surface area contributed by atoms with E-state index >= 15 is 0 Å².